The van der Waals surface area contributed by atoms with Gasteiger partial charge in [-0.25, -0.2) is 0 Å². The van der Waals surface area contributed by atoms with E-state index in [0.29, 0.717) is 0 Å². The maximum Gasteiger partial charge on any atom is 0.0641 e. The van der Waals surface area contributed by atoms with Crippen molar-refractivity contribution < 1.29 is 10.2 Å². The minimum atomic E-state index is 0.176. The van der Waals surface area contributed by atoms with Crippen LogP contribution in [0.25, 0.3) is 0 Å². The predicted molar refractivity (Wildman–Crippen MR) is 46.4 cm³/mol. The second-order valence-corrected chi connectivity index (χ2v) is 2.59. The van der Waals surface area contributed by atoms with Crippen LogP contribution in [0.15, 0.2) is 11.6 Å². The fraction of sp³-hybridized carbons (Fsp3) is 0.778. The van der Waals surface area contributed by atoms with Gasteiger partial charge < -0.3 is 10.2 Å². The molecule has 0 aromatic heterocycles. The molecule has 0 atom stereocenters. The number of aliphatic hydroxyl groups excluding tert-OH is 2. The van der Waals surface area contributed by atoms with E-state index in [0.717, 1.165) is 31.3 Å². The molecule has 0 saturated heterocycles. The Morgan fingerprint density at radius 3 is 2.45 bits per heavy atom. The van der Waals surface area contributed by atoms with Gasteiger partial charge in [-0.1, -0.05) is 13.0 Å². The smallest absolute Gasteiger partial charge is 0.0641 e. The fourth-order valence-corrected chi connectivity index (χ4v) is 0.883. The zero-order chi connectivity index (χ0) is 8.53. The predicted octanol–water partition coefficient (Wildman–Crippen LogP) is 1.48. The molecule has 0 rings (SSSR count). The average Bonchev–Trinajstić information content (AvgIpc) is 2.05. The van der Waals surface area contributed by atoms with Crippen LogP contribution in [0.5, 0.6) is 0 Å². The van der Waals surface area contributed by atoms with E-state index < -0.39 is 0 Å². The van der Waals surface area contributed by atoms with Gasteiger partial charge in [0.15, 0.2) is 0 Å². The van der Waals surface area contributed by atoms with Gasteiger partial charge in [0, 0.05) is 6.61 Å². The lowest BCUT2D eigenvalue weighted by Crippen LogP contribution is -1.88. The van der Waals surface area contributed by atoms with Crippen molar-refractivity contribution in [2.24, 2.45) is 0 Å². The summed E-state index contributed by atoms with van der Waals surface area (Å²) < 4.78 is 0. The Hall–Kier alpha value is -0.340. The van der Waals surface area contributed by atoms with Crippen molar-refractivity contribution in [3.8, 4) is 0 Å². The van der Waals surface area contributed by atoms with Gasteiger partial charge >= 0.3 is 0 Å². The van der Waals surface area contributed by atoms with E-state index in [-0.39, 0.29) is 13.2 Å². The summed E-state index contributed by atoms with van der Waals surface area (Å²) in [4.78, 5) is 0. The first-order chi connectivity index (χ1) is 5.35. The Morgan fingerprint density at radius 2 is 2.00 bits per heavy atom. The Bertz CT molecular complexity index is 102. The first kappa shape index (κ1) is 10.7. The molecule has 2 N–H and O–H groups in total. The number of aliphatic hydroxyl groups is 2. The summed E-state index contributed by atoms with van der Waals surface area (Å²) in [6.07, 6.45) is 5.84. The van der Waals surface area contributed by atoms with E-state index >= 15 is 0 Å². The number of rotatable bonds is 6. The van der Waals surface area contributed by atoms with Gasteiger partial charge in [0.05, 0.1) is 6.61 Å². The third kappa shape index (κ3) is 6.07. The molecule has 0 aliphatic heterocycles. The van der Waals surface area contributed by atoms with Gasteiger partial charge in [0.2, 0.25) is 0 Å². The summed E-state index contributed by atoms with van der Waals surface area (Å²) in [6.45, 7) is 2.48. The van der Waals surface area contributed by atoms with E-state index in [4.69, 9.17) is 10.2 Å². The van der Waals surface area contributed by atoms with Crippen molar-refractivity contribution in [1.82, 2.24) is 0 Å². The normalized spacial score (nSPS) is 12.1. The third-order valence-electron chi connectivity index (χ3n) is 1.70. The van der Waals surface area contributed by atoms with E-state index in [1.807, 2.05) is 6.92 Å². The van der Waals surface area contributed by atoms with Gasteiger partial charge in [-0.05, 0) is 31.3 Å². The van der Waals surface area contributed by atoms with E-state index in [2.05, 4.69) is 6.08 Å². The maximum absolute atomic E-state index is 8.76. The van der Waals surface area contributed by atoms with Crippen LogP contribution in [0.4, 0.5) is 0 Å². The number of hydrogen-bond donors (Lipinski definition) is 2. The molecule has 0 aliphatic rings. The molecule has 2 nitrogen and oxygen atoms in total. The molecular formula is C9H18O2. The highest BCUT2D eigenvalue weighted by molar-refractivity contribution is 5.00. The summed E-state index contributed by atoms with van der Waals surface area (Å²) in [5.41, 5.74) is 1.10. The second kappa shape index (κ2) is 7.76. The molecule has 0 bridgehead atoms. The Balaban J connectivity index is 3.37. The van der Waals surface area contributed by atoms with E-state index in [9.17, 15) is 0 Å². The van der Waals surface area contributed by atoms with Gasteiger partial charge in [0.1, 0.15) is 0 Å². The topological polar surface area (TPSA) is 40.5 Å². The molecule has 0 saturated carbocycles. The summed E-state index contributed by atoms with van der Waals surface area (Å²) in [6, 6.07) is 0. The quantitative estimate of drug-likeness (QED) is 0.454. The molecule has 0 aromatic rings. The SMILES string of the molecule is CC/C(=C/CCCCO)CO. The second-order valence-electron chi connectivity index (χ2n) is 2.59. The molecule has 0 aliphatic carbocycles. The van der Waals surface area contributed by atoms with Crippen LogP contribution >= 0.6 is 0 Å². The van der Waals surface area contributed by atoms with E-state index in [1.54, 1.807) is 0 Å². The molecule has 0 radical (unpaired) electrons. The van der Waals surface area contributed by atoms with Crippen molar-refractivity contribution in [1.29, 1.82) is 0 Å². The Morgan fingerprint density at radius 1 is 1.27 bits per heavy atom. The molecule has 0 aromatic carbocycles. The summed E-state index contributed by atoms with van der Waals surface area (Å²) in [5, 5.41) is 17.2. The summed E-state index contributed by atoms with van der Waals surface area (Å²) in [7, 11) is 0. The Kier molecular flexibility index (Phi) is 7.52. The molecule has 0 unspecified atom stereocenters. The highest BCUT2D eigenvalue weighted by atomic mass is 16.3. The van der Waals surface area contributed by atoms with Gasteiger partial charge in [-0.15, -0.1) is 0 Å². The van der Waals surface area contributed by atoms with Crippen LogP contribution in [0.3, 0.4) is 0 Å². The molecule has 66 valence electrons. The first-order valence-electron chi connectivity index (χ1n) is 4.24. The first-order valence-corrected chi connectivity index (χ1v) is 4.24. The van der Waals surface area contributed by atoms with Crippen LogP contribution in [0.2, 0.25) is 0 Å². The van der Waals surface area contributed by atoms with E-state index in [1.165, 1.54) is 0 Å². The van der Waals surface area contributed by atoms with Crippen LogP contribution in [-0.2, 0) is 0 Å². The number of hydrogen-bond acceptors (Lipinski definition) is 2. The van der Waals surface area contributed by atoms with Crippen LogP contribution in [0.1, 0.15) is 32.6 Å². The van der Waals surface area contributed by atoms with Crippen molar-refractivity contribution in [3.05, 3.63) is 11.6 Å². The summed E-state index contributed by atoms with van der Waals surface area (Å²) in [5.74, 6) is 0. The lowest BCUT2D eigenvalue weighted by atomic mass is 10.1. The minimum absolute atomic E-state index is 0.176. The molecular weight excluding hydrogens is 140 g/mol. The highest BCUT2D eigenvalue weighted by Gasteiger charge is 1.89. The number of allylic oxidation sites excluding steroid dienone is 1. The van der Waals surface area contributed by atoms with Crippen LogP contribution in [-0.4, -0.2) is 23.4 Å². The monoisotopic (exact) mass is 158 g/mol. The largest absolute Gasteiger partial charge is 0.396 e. The van der Waals surface area contributed by atoms with Crippen LogP contribution in [0, 0.1) is 0 Å². The fourth-order valence-electron chi connectivity index (χ4n) is 0.883. The van der Waals surface area contributed by atoms with Crippen molar-refractivity contribution in [2.45, 2.75) is 32.6 Å². The van der Waals surface area contributed by atoms with Crippen molar-refractivity contribution in [2.75, 3.05) is 13.2 Å². The Labute approximate surface area is 68.6 Å². The molecule has 0 spiro atoms. The standard InChI is InChI=1S/C9H18O2/c1-2-9(8-11)6-4-3-5-7-10/h6,10-11H,2-5,7-8H2,1H3/b9-6-. The average molecular weight is 158 g/mol. The lowest BCUT2D eigenvalue weighted by molar-refractivity contribution is 0.285. The zero-order valence-electron chi connectivity index (χ0n) is 7.21. The molecule has 0 amide bonds. The van der Waals surface area contributed by atoms with Crippen molar-refractivity contribution >= 4 is 0 Å². The van der Waals surface area contributed by atoms with Crippen LogP contribution < -0.4 is 0 Å². The maximum atomic E-state index is 8.76. The molecule has 0 fully saturated rings. The van der Waals surface area contributed by atoms with Gasteiger partial charge in [-0.3, -0.25) is 0 Å². The molecule has 0 heterocycles. The van der Waals surface area contributed by atoms with Crippen molar-refractivity contribution in [3.63, 3.8) is 0 Å². The number of unbranched alkanes of at least 4 members (excludes halogenated alkanes) is 2. The zero-order valence-corrected chi connectivity index (χ0v) is 7.21. The third-order valence-corrected chi connectivity index (χ3v) is 1.70. The minimum Gasteiger partial charge on any atom is -0.396 e. The lowest BCUT2D eigenvalue weighted by Gasteiger charge is -1.98. The highest BCUT2D eigenvalue weighted by Crippen LogP contribution is 2.03. The summed E-state index contributed by atoms with van der Waals surface area (Å²) >= 11 is 0. The van der Waals surface area contributed by atoms with Gasteiger partial charge in [-0.2, -0.15) is 0 Å². The molecule has 2 heteroatoms. The molecule has 11 heavy (non-hydrogen) atoms. The van der Waals surface area contributed by atoms with Gasteiger partial charge in [0.25, 0.3) is 0 Å².